The van der Waals surface area contributed by atoms with Gasteiger partial charge < -0.3 is 4.74 Å². The van der Waals surface area contributed by atoms with Crippen LogP contribution in [-0.2, 0) is 16.1 Å². The molecule has 3 heteroatoms. The van der Waals surface area contributed by atoms with Gasteiger partial charge in [0.1, 0.15) is 6.61 Å². The highest BCUT2D eigenvalue weighted by Gasteiger charge is 2.07. The second kappa shape index (κ2) is 4.60. The first-order valence-corrected chi connectivity index (χ1v) is 4.25. The molecule has 70 valence electrons. The number of aromatic nitrogens is 1. The summed E-state index contributed by atoms with van der Waals surface area (Å²) in [5.41, 5.74) is 0.962. The topological polar surface area (TPSA) is 39.2 Å². The highest BCUT2D eigenvalue weighted by molar-refractivity contribution is 5.71. The lowest BCUT2D eigenvalue weighted by atomic mass is 10.2. The van der Waals surface area contributed by atoms with Gasteiger partial charge in [0.15, 0.2) is 0 Å². The maximum atomic E-state index is 11.1. The molecule has 0 saturated carbocycles. The van der Waals surface area contributed by atoms with Crippen LogP contribution in [-0.4, -0.2) is 11.0 Å². The molecule has 13 heavy (non-hydrogen) atoms. The molecular weight excluding hydrogens is 166 g/mol. The quantitative estimate of drug-likeness (QED) is 0.664. The van der Waals surface area contributed by atoms with Crippen molar-refractivity contribution in [1.29, 1.82) is 0 Å². The van der Waals surface area contributed by atoms with Gasteiger partial charge in [-0.05, 0) is 17.7 Å². The van der Waals surface area contributed by atoms with E-state index in [4.69, 9.17) is 4.74 Å². The van der Waals surface area contributed by atoms with Gasteiger partial charge in [0.25, 0.3) is 0 Å². The van der Waals surface area contributed by atoms with Gasteiger partial charge in [0, 0.05) is 12.4 Å². The molecule has 1 aromatic rings. The van der Waals surface area contributed by atoms with E-state index in [1.807, 2.05) is 26.0 Å². The number of rotatable bonds is 3. The van der Waals surface area contributed by atoms with Gasteiger partial charge in [0.05, 0.1) is 5.92 Å². The normalized spacial score (nSPS) is 10.1. The molecular formula is C10H13NO2. The highest BCUT2D eigenvalue weighted by atomic mass is 16.5. The number of hydrogen-bond donors (Lipinski definition) is 0. The summed E-state index contributed by atoms with van der Waals surface area (Å²) in [5, 5.41) is 0. The summed E-state index contributed by atoms with van der Waals surface area (Å²) in [6.07, 6.45) is 3.36. The van der Waals surface area contributed by atoms with Crippen LogP contribution in [0.25, 0.3) is 0 Å². The molecule has 0 atom stereocenters. The van der Waals surface area contributed by atoms with Crippen molar-refractivity contribution in [1.82, 2.24) is 4.98 Å². The van der Waals surface area contributed by atoms with Gasteiger partial charge in [0.2, 0.25) is 0 Å². The average Bonchev–Trinajstić information content (AvgIpc) is 2.15. The third kappa shape index (κ3) is 3.23. The average molecular weight is 179 g/mol. The maximum Gasteiger partial charge on any atom is 0.308 e. The lowest BCUT2D eigenvalue weighted by Crippen LogP contribution is -2.11. The Balaban J connectivity index is 2.40. The van der Waals surface area contributed by atoms with Crippen molar-refractivity contribution in [2.24, 2.45) is 5.92 Å². The molecule has 0 amide bonds. The van der Waals surface area contributed by atoms with Crippen LogP contribution in [0.4, 0.5) is 0 Å². The summed E-state index contributed by atoms with van der Waals surface area (Å²) in [7, 11) is 0. The fraction of sp³-hybridized carbons (Fsp3) is 0.400. The SMILES string of the molecule is CC(C)C(=O)OCc1ccncc1. The summed E-state index contributed by atoms with van der Waals surface area (Å²) in [6.45, 7) is 3.96. The Morgan fingerprint density at radius 1 is 1.46 bits per heavy atom. The minimum Gasteiger partial charge on any atom is -0.461 e. The molecule has 1 heterocycles. The van der Waals surface area contributed by atoms with E-state index in [0.717, 1.165) is 5.56 Å². The number of nitrogens with zero attached hydrogens (tertiary/aromatic N) is 1. The molecule has 0 bridgehead atoms. The third-order valence-corrected chi connectivity index (χ3v) is 1.60. The Kier molecular flexibility index (Phi) is 3.43. The molecule has 0 aliphatic heterocycles. The first-order valence-electron chi connectivity index (χ1n) is 4.25. The van der Waals surface area contributed by atoms with Gasteiger partial charge >= 0.3 is 5.97 Å². The first kappa shape index (κ1) is 9.71. The standard InChI is InChI=1S/C10H13NO2/c1-8(2)10(12)13-7-9-3-5-11-6-4-9/h3-6,8H,7H2,1-2H3. The fourth-order valence-corrected chi connectivity index (χ4v) is 0.800. The van der Waals surface area contributed by atoms with Gasteiger partial charge in [-0.3, -0.25) is 9.78 Å². The number of pyridine rings is 1. The fourth-order valence-electron chi connectivity index (χ4n) is 0.800. The zero-order valence-corrected chi connectivity index (χ0v) is 7.86. The number of carbonyl (C=O) groups excluding carboxylic acids is 1. The van der Waals surface area contributed by atoms with Crippen LogP contribution in [0.5, 0.6) is 0 Å². The monoisotopic (exact) mass is 179 g/mol. The predicted molar refractivity (Wildman–Crippen MR) is 48.9 cm³/mol. The minimum absolute atomic E-state index is 0.0677. The summed E-state index contributed by atoms with van der Waals surface area (Å²) in [6, 6.07) is 3.65. The molecule has 0 aromatic carbocycles. The summed E-state index contributed by atoms with van der Waals surface area (Å²) in [4.78, 5) is 14.9. The smallest absolute Gasteiger partial charge is 0.308 e. The molecule has 0 aliphatic carbocycles. The Morgan fingerprint density at radius 2 is 2.08 bits per heavy atom. The summed E-state index contributed by atoms with van der Waals surface area (Å²) >= 11 is 0. The largest absolute Gasteiger partial charge is 0.461 e. The summed E-state index contributed by atoms with van der Waals surface area (Å²) in [5.74, 6) is -0.237. The van der Waals surface area contributed by atoms with Crippen LogP contribution >= 0.6 is 0 Å². The molecule has 0 radical (unpaired) electrons. The Hall–Kier alpha value is -1.38. The van der Waals surface area contributed by atoms with Crippen molar-refractivity contribution in [3.8, 4) is 0 Å². The van der Waals surface area contributed by atoms with Gasteiger partial charge in [-0.2, -0.15) is 0 Å². The Morgan fingerprint density at radius 3 is 2.62 bits per heavy atom. The number of esters is 1. The number of hydrogen-bond acceptors (Lipinski definition) is 3. The lowest BCUT2D eigenvalue weighted by molar-refractivity contribution is -0.148. The molecule has 0 N–H and O–H groups in total. The van der Waals surface area contributed by atoms with E-state index in [1.54, 1.807) is 12.4 Å². The van der Waals surface area contributed by atoms with E-state index in [1.165, 1.54) is 0 Å². The van der Waals surface area contributed by atoms with Crippen LogP contribution in [0, 0.1) is 5.92 Å². The predicted octanol–water partition coefficient (Wildman–Crippen LogP) is 1.78. The lowest BCUT2D eigenvalue weighted by Gasteiger charge is -2.06. The molecule has 1 aromatic heterocycles. The zero-order valence-electron chi connectivity index (χ0n) is 7.86. The van der Waals surface area contributed by atoms with E-state index in [-0.39, 0.29) is 11.9 Å². The van der Waals surface area contributed by atoms with Crippen LogP contribution in [0.3, 0.4) is 0 Å². The third-order valence-electron chi connectivity index (χ3n) is 1.60. The molecule has 0 spiro atoms. The van der Waals surface area contributed by atoms with Crippen LogP contribution < -0.4 is 0 Å². The van der Waals surface area contributed by atoms with Crippen LogP contribution in [0.1, 0.15) is 19.4 Å². The minimum atomic E-state index is -0.170. The van der Waals surface area contributed by atoms with E-state index >= 15 is 0 Å². The Bertz CT molecular complexity index is 270. The maximum absolute atomic E-state index is 11.1. The van der Waals surface area contributed by atoms with Crippen molar-refractivity contribution in [2.75, 3.05) is 0 Å². The molecule has 0 saturated heterocycles. The second-order valence-corrected chi connectivity index (χ2v) is 3.12. The van der Waals surface area contributed by atoms with Crippen molar-refractivity contribution < 1.29 is 9.53 Å². The van der Waals surface area contributed by atoms with Crippen molar-refractivity contribution in [3.63, 3.8) is 0 Å². The van der Waals surface area contributed by atoms with E-state index < -0.39 is 0 Å². The number of ether oxygens (including phenoxy) is 1. The zero-order chi connectivity index (χ0) is 9.68. The molecule has 0 aliphatic rings. The van der Waals surface area contributed by atoms with Gasteiger partial charge in [-0.15, -0.1) is 0 Å². The Labute approximate surface area is 77.8 Å². The molecule has 0 unspecified atom stereocenters. The van der Waals surface area contributed by atoms with Crippen LogP contribution in [0.2, 0.25) is 0 Å². The van der Waals surface area contributed by atoms with E-state index in [0.29, 0.717) is 6.61 Å². The van der Waals surface area contributed by atoms with E-state index in [2.05, 4.69) is 4.98 Å². The van der Waals surface area contributed by atoms with Crippen molar-refractivity contribution in [2.45, 2.75) is 20.5 Å². The second-order valence-electron chi connectivity index (χ2n) is 3.12. The summed E-state index contributed by atoms with van der Waals surface area (Å²) < 4.78 is 5.02. The van der Waals surface area contributed by atoms with Crippen molar-refractivity contribution in [3.05, 3.63) is 30.1 Å². The highest BCUT2D eigenvalue weighted by Crippen LogP contribution is 2.02. The first-order chi connectivity index (χ1) is 6.20. The van der Waals surface area contributed by atoms with Crippen LogP contribution in [0.15, 0.2) is 24.5 Å². The molecule has 3 nitrogen and oxygen atoms in total. The van der Waals surface area contributed by atoms with Gasteiger partial charge in [-0.25, -0.2) is 0 Å². The number of carbonyl (C=O) groups is 1. The van der Waals surface area contributed by atoms with Gasteiger partial charge in [-0.1, -0.05) is 13.8 Å². The molecule has 1 rings (SSSR count). The molecule has 0 fully saturated rings. The van der Waals surface area contributed by atoms with Crippen molar-refractivity contribution >= 4 is 5.97 Å². The van der Waals surface area contributed by atoms with E-state index in [9.17, 15) is 4.79 Å².